The zero-order chi connectivity index (χ0) is 8.10. The topological polar surface area (TPSA) is 9.23 Å². The summed E-state index contributed by atoms with van der Waals surface area (Å²) in [5, 5.41) is 0. The lowest BCUT2D eigenvalue weighted by molar-refractivity contribution is 0.371. The molecule has 0 amide bonds. The Morgan fingerprint density at radius 3 is 2.45 bits per heavy atom. The van der Waals surface area contributed by atoms with Gasteiger partial charge in [0, 0.05) is 11.1 Å². The van der Waals surface area contributed by atoms with Crippen molar-refractivity contribution in [3.63, 3.8) is 0 Å². The average molecular weight is 169 g/mol. The van der Waals surface area contributed by atoms with Crippen LogP contribution < -0.4 is 0 Å². The second-order valence-electron chi connectivity index (χ2n) is 2.04. The number of benzene rings is 1. The van der Waals surface area contributed by atoms with E-state index in [-0.39, 0.29) is 0 Å². The molecule has 0 saturated carbocycles. The number of hydrogen-bond acceptors (Lipinski definition) is 1. The third-order valence-corrected chi connectivity index (χ3v) is 1.58. The molecule has 0 aromatic heterocycles. The van der Waals surface area contributed by atoms with Crippen LogP contribution in [-0.4, -0.2) is 7.11 Å². The number of hydrogen-bond donors (Lipinski definition) is 0. The van der Waals surface area contributed by atoms with E-state index in [9.17, 15) is 0 Å². The van der Waals surface area contributed by atoms with E-state index in [1.807, 2.05) is 30.3 Å². The second-order valence-corrected chi connectivity index (χ2v) is 2.26. The van der Waals surface area contributed by atoms with Crippen molar-refractivity contribution in [2.75, 3.05) is 7.11 Å². The first-order chi connectivity index (χ1) is 5.38. The molecule has 1 nitrogen and oxygen atoms in total. The van der Waals surface area contributed by atoms with Gasteiger partial charge in [0.05, 0.1) is 7.11 Å². The first-order valence-corrected chi connectivity index (χ1v) is 3.72. The lowest BCUT2D eigenvalue weighted by Gasteiger charge is -2.02. The number of methoxy groups -OCH3 is 1. The van der Waals surface area contributed by atoms with Gasteiger partial charge >= 0.3 is 0 Å². The summed E-state index contributed by atoms with van der Waals surface area (Å²) in [7, 11) is 1.60. The van der Waals surface area contributed by atoms with E-state index in [4.69, 9.17) is 16.3 Å². The van der Waals surface area contributed by atoms with Gasteiger partial charge in [-0.1, -0.05) is 41.9 Å². The third-order valence-electron chi connectivity index (χ3n) is 1.38. The number of ether oxygens (including phenoxy) is 1. The van der Waals surface area contributed by atoms with Crippen LogP contribution in [0.5, 0.6) is 0 Å². The van der Waals surface area contributed by atoms with E-state index in [1.165, 1.54) is 5.54 Å². The van der Waals surface area contributed by atoms with Gasteiger partial charge in [0.25, 0.3) is 0 Å². The predicted octanol–water partition coefficient (Wildman–Crippen LogP) is 2.87. The van der Waals surface area contributed by atoms with Crippen molar-refractivity contribution >= 4 is 17.4 Å². The summed E-state index contributed by atoms with van der Waals surface area (Å²) in [5.74, 6) is 0.687. The van der Waals surface area contributed by atoms with Crippen LogP contribution in [0.15, 0.2) is 35.9 Å². The second kappa shape index (κ2) is 4.04. The van der Waals surface area contributed by atoms with Gasteiger partial charge in [-0.2, -0.15) is 0 Å². The van der Waals surface area contributed by atoms with E-state index >= 15 is 0 Å². The summed E-state index contributed by atoms with van der Waals surface area (Å²) in [5.41, 5.74) is 2.42. The van der Waals surface area contributed by atoms with Crippen LogP contribution in [0.2, 0.25) is 0 Å². The number of rotatable bonds is 2. The molecule has 0 aliphatic rings. The summed E-state index contributed by atoms with van der Waals surface area (Å²) < 4.78 is 5.01. The van der Waals surface area contributed by atoms with Gasteiger partial charge in [0.1, 0.15) is 5.76 Å². The van der Waals surface area contributed by atoms with E-state index < -0.39 is 0 Å². The van der Waals surface area contributed by atoms with Gasteiger partial charge in [-0.05, 0) is 0 Å². The zero-order valence-electron chi connectivity index (χ0n) is 6.25. The SMILES string of the molecule is COC(=CCl)c1ccccc1. The van der Waals surface area contributed by atoms with Crippen molar-refractivity contribution in [2.45, 2.75) is 0 Å². The third kappa shape index (κ3) is 1.99. The molecular weight excluding hydrogens is 160 g/mol. The summed E-state index contributed by atoms with van der Waals surface area (Å²) in [4.78, 5) is 0. The molecule has 0 bridgehead atoms. The predicted molar refractivity (Wildman–Crippen MR) is 47.3 cm³/mol. The van der Waals surface area contributed by atoms with Crippen LogP contribution in [0.25, 0.3) is 5.76 Å². The van der Waals surface area contributed by atoms with Gasteiger partial charge in [-0.15, -0.1) is 0 Å². The molecule has 2 heteroatoms. The highest BCUT2D eigenvalue weighted by molar-refractivity contribution is 6.27. The first kappa shape index (κ1) is 8.15. The Kier molecular flexibility index (Phi) is 2.99. The number of halogens is 1. The highest BCUT2D eigenvalue weighted by Gasteiger charge is 1.96. The fourth-order valence-electron chi connectivity index (χ4n) is 0.828. The van der Waals surface area contributed by atoms with Gasteiger partial charge in [-0.25, -0.2) is 0 Å². The molecule has 0 unspecified atom stereocenters. The molecule has 0 atom stereocenters. The molecule has 0 saturated heterocycles. The van der Waals surface area contributed by atoms with Crippen LogP contribution >= 0.6 is 11.6 Å². The standard InChI is InChI=1S/C9H9ClO/c1-11-9(7-10)8-5-3-2-4-6-8/h2-7H,1H3. The smallest absolute Gasteiger partial charge is 0.137 e. The van der Waals surface area contributed by atoms with Crippen LogP contribution in [0.3, 0.4) is 0 Å². The lowest BCUT2D eigenvalue weighted by atomic mass is 10.2. The zero-order valence-corrected chi connectivity index (χ0v) is 7.01. The van der Waals surface area contributed by atoms with E-state index in [0.29, 0.717) is 5.76 Å². The highest BCUT2D eigenvalue weighted by Crippen LogP contribution is 2.14. The quantitative estimate of drug-likeness (QED) is 0.617. The van der Waals surface area contributed by atoms with Crippen molar-refractivity contribution in [1.82, 2.24) is 0 Å². The Bertz CT molecular complexity index is 241. The van der Waals surface area contributed by atoms with Crippen LogP contribution in [0.1, 0.15) is 5.56 Å². The van der Waals surface area contributed by atoms with Gasteiger partial charge in [0.2, 0.25) is 0 Å². The Morgan fingerprint density at radius 2 is 2.00 bits per heavy atom. The minimum absolute atomic E-state index is 0.687. The van der Waals surface area contributed by atoms with Crippen LogP contribution in [-0.2, 0) is 4.74 Å². The van der Waals surface area contributed by atoms with Crippen LogP contribution in [0.4, 0.5) is 0 Å². The molecule has 1 aromatic carbocycles. The molecule has 0 aliphatic carbocycles. The molecule has 0 heterocycles. The summed E-state index contributed by atoms with van der Waals surface area (Å²) in [6, 6.07) is 9.71. The summed E-state index contributed by atoms with van der Waals surface area (Å²) >= 11 is 5.52. The molecule has 11 heavy (non-hydrogen) atoms. The van der Waals surface area contributed by atoms with Crippen LogP contribution in [0, 0.1) is 0 Å². The Hall–Kier alpha value is -0.950. The molecule has 0 radical (unpaired) electrons. The van der Waals surface area contributed by atoms with Crippen molar-refractivity contribution in [2.24, 2.45) is 0 Å². The summed E-state index contributed by atoms with van der Waals surface area (Å²) in [6.07, 6.45) is 0. The van der Waals surface area contributed by atoms with E-state index in [0.717, 1.165) is 5.56 Å². The molecule has 58 valence electrons. The van der Waals surface area contributed by atoms with Gasteiger partial charge in [0.15, 0.2) is 0 Å². The van der Waals surface area contributed by atoms with Crippen molar-refractivity contribution in [3.05, 3.63) is 41.4 Å². The molecule has 0 aliphatic heterocycles. The highest BCUT2D eigenvalue weighted by atomic mass is 35.5. The van der Waals surface area contributed by atoms with Crippen molar-refractivity contribution in [1.29, 1.82) is 0 Å². The van der Waals surface area contributed by atoms with E-state index in [2.05, 4.69) is 0 Å². The monoisotopic (exact) mass is 168 g/mol. The molecule has 0 fully saturated rings. The maximum absolute atomic E-state index is 5.52. The largest absolute Gasteiger partial charge is 0.495 e. The molecule has 0 spiro atoms. The van der Waals surface area contributed by atoms with Crippen molar-refractivity contribution < 1.29 is 4.74 Å². The van der Waals surface area contributed by atoms with Crippen molar-refractivity contribution in [3.8, 4) is 0 Å². The van der Waals surface area contributed by atoms with Gasteiger partial charge in [-0.3, -0.25) is 0 Å². The maximum atomic E-state index is 5.52. The average Bonchev–Trinajstić information content (AvgIpc) is 2.09. The Morgan fingerprint density at radius 1 is 1.36 bits per heavy atom. The normalized spacial score (nSPS) is 11.3. The van der Waals surface area contributed by atoms with E-state index in [1.54, 1.807) is 7.11 Å². The fraction of sp³-hybridized carbons (Fsp3) is 0.111. The molecule has 1 aromatic rings. The minimum Gasteiger partial charge on any atom is -0.495 e. The first-order valence-electron chi connectivity index (χ1n) is 3.28. The Balaban J connectivity index is 2.92. The van der Waals surface area contributed by atoms with Gasteiger partial charge < -0.3 is 4.74 Å². The molecule has 1 rings (SSSR count). The minimum atomic E-state index is 0.687. The maximum Gasteiger partial charge on any atom is 0.137 e. The molecule has 0 N–H and O–H groups in total. The summed E-state index contributed by atoms with van der Waals surface area (Å²) in [6.45, 7) is 0. The fourth-order valence-corrected chi connectivity index (χ4v) is 1.04. The molecular formula is C9H9ClO. The Labute approximate surface area is 71.3 Å². The lowest BCUT2D eigenvalue weighted by Crippen LogP contribution is -1.84.